The van der Waals surface area contributed by atoms with E-state index in [9.17, 15) is 22.4 Å². The first-order valence-electron chi connectivity index (χ1n) is 10.5. The highest BCUT2D eigenvalue weighted by molar-refractivity contribution is 5.80. The fourth-order valence-electron chi connectivity index (χ4n) is 3.67. The number of hydrogen-bond donors (Lipinski definition) is 2. The molecule has 2 saturated heterocycles. The number of hydrogen-bond acceptors (Lipinski definition) is 6. The second kappa shape index (κ2) is 10.8. The van der Waals surface area contributed by atoms with Gasteiger partial charge < -0.3 is 20.1 Å². The van der Waals surface area contributed by atoms with Gasteiger partial charge in [0.25, 0.3) is 0 Å². The second-order valence-electron chi connectivity index (χ2n) is 8.21. The predicted molar refractivity (Wildman–Crippen MR) is 112 cm³/mol. The third-order valence-electron chi connectivity index (χ3n) is 5.57. The lowest BCUT2D eigenvalue weighted by atomic mass is 9.82. The maximum Gasteiger partial charge on any atom is 0.490 e. The van der Waals surface area contributed by atoms with E-state index in [0.717, 1.165) is 24.9 Å². The molecule has 0 aliphatic carbocycles. The van der Waals surface area contributed by atoms with Gasteiger partial charge in [-0.2, -0.15) is 13.2 Å². The Bertz CT molecular complexity index is 957. The van der Waals surface area contributed by atoms with Crippen molar-refractivity contribution in [3.63, 3.8) is 0 Å². The smallest absolute Gasteiger partial charge is 0.475 e. The monoisotopic (exact) mass is 484 g/mol. The average Bonchev–Trinajstić information content (AvgIpc) is 2.78. The molecule has 8 nitrogen and oxygen atoms in total. The van der Waals surface area contributed by atoms with Crippen molar-refractivity contribution in [3.8, 4) is 0 Å². The largest absolute Gasteiger partial charge is 0.490 e. The van der Waals surface area contributed by atoms with E-state index in [0.29, 0.717) is 38.0 Å². The van der Waals surface area contributed by atoms with Crippen LogP contribution in [-0.2, 0) is 20.7 Å². The minimum absolute atomic E-state index is 0.0702. The van der Waals surface area contributed by atoms with E-state index in [1.54, 1.807) is 30.6 Å². The number of aliphatic carboxylic acids is 1. The molecule has 0 radical (unpaired) electrons. The minimum atomic E-state index is -5.08. The molecule has 1 atom stereocenters. The Kier molecular flexibility index (Phi) is 8.02. The molecular formula is C22H24F4N4O4. The van der Waals surface area contributed by atoms with E-state index in [4.69, 9.17) is 14.6 Å². The number of rotatable bonds is 5. The van der Waals surface area contributed by atoms with Gasteiger partial charge in [0.2, 0.25) is 11.9 Å². The molecule has 184 valence electrons. The van der Waals surface area contributed by atoms with E-state index in [1.165, 1.54) is 12.1 Å². The van der Waals surface area contributed by atoms with Crippen molar-refractivity contribution in [3.05, 3.63) is 54.1 Å². The molecular weight excluding hydrogens is 460 g/mol. The van der Waals surface area contributed by atoms with Gasteiger partial charge in [0.1, 0.15) is 11.4 Å². The topological polar surface area (TPSA) is 105 Å². The highest BCUT2D eigenvalue weighted by Gasteiger charge is 2.48. The Morgan fingerprint density at radius 1 is 1.18 bits per heavy atom. The number of anilines is 1. The third kappa shape index (κ3) is 7.11. The van der Waals surface area contributed by atoms with E-state index < -0.39 is 12.1 Å². The van der Waals surface area contributed by atoms with E-state index in [1.807, 2.05) is 4.90 Å². The normalized spacial score (nSPS) is 18.9. The van der Waals surface area contributed by atoms with Crippen LogP contribution in [-0.4, -0.2) is 69.9 Å². The highest BCUT2D eigenvalue weighted by atomic mass is 19.4. The van der Waals surface area contributed by atoms with Crippen LogP contribution in [0.5, 0.6) is 0 Å². The molecule has 12 heteroatoms. The predicted octanol–water partition coefficient (Wildman–Crippen LogP) is 2.91. The summed E-state index contributed by atoms with van der Waals surface area (Å²) in [6.07, 6.45) is 0.663. The van der Waals surface area contributed by atoms with Crippen LogP contribution in [0.2, 0.25) is 0 Å². The maximum atomic E-state index is 13.0. The first-order valence-corrected chi connectivity index (χ1v) is 10.5. The zero-order chi connectivity index (χ0) is 24.8. The van der Waals surface area contributed by atoms with Gasteiger partial charge in [-0.3, -0.25) is 4.79 Å². The number of ether oxygens (including phenoxy) is 1. The first-order chi connectivity index (χ1) is 16.1. The number of nitrogens with zero attached hydrogens (tertiary/aromatic N) is 3. The second-order valence-corrected chi connectivity index (χ2v) is 8.21. The summed E-state index contributed by atoms with van der Waals surface area (Å²) in [5.41, 5.74) is 0.652. The van der Waals surface area contributed by atoms with Gasteiger partial charge in [0, 0.05) is 18.9 Å². The van der Waals surface area contributed by atoms with Crippen molar-refractivity contribution in [1.82, 2.24) is 14.9 Å². The number of likely N-dealkylation sites (tertiary alicyclic amines) is 1. The van der Waals surface area contributed by atoms with Crippen LogP contribution in [0.25, 0.3) is 0 Å². The molecule has 3 heterocycles. The van der Waals surface area contributed by atoms with Gasteiger partial charge in [-0.05, 0) is 42.5 Å². The van der Waals surface area contributed by atoms with Crippen LogP contribution < -0.4 is 5.32 Å². The zero-order valence-corrected chi connectivity index (χ0v) is 18.1. The first kappa shape index (κ1) is 25.3. The number of nitrogens with one attached hydrogen (secondary N) is 1. The van der Waals surface area contributed by atoms with Crippen molar-refractivity contribution in [2.45, 2.75) is 31.0 Å². The summed E-state index contributed by atoms with van der Waals surface area (Å²) in [6, 6.07) is 7.89. The third-order valence-corrected chi connectivity index (χ3v) is 5.57. The zero-order valence-electron chi connectivity index (χ0n) is 18.1. The molecule has 1 spiro atoms. The lowest BCUT2D eigenvalue weighted by Crippen LogP contribution is -2.66. The van der Waals surface area contributed by atoms with Crippen LogP contribution >= 0.6 is 0 Å². The maximum absolute atomic E-state index is 13.0. The van der Waals surface area contributed by atoms with Crippen LogP contribution in [0, 0.1) is 11.7 Å². The quantitative estimate of drug-likeness (QED) is 0.629. The standard InChI is InChI=1S/C20H23FN4O2.C2HF3O2/c21-17-4-2-15(3-5-17)10-18(26)25-13-20(14-25)7-6-16(12-27-20)11-24-19-22-8-1-9-23-19;3-2(4,5)1(6)7/h1-5,8-9,16H,6-7,10-14H2,(H,22,23,24);(H,6,7). The molecule has 1 amide bonds. The number of aromatic nitrogens is 2. The number of carbonyl (C=O) groups excluding carboxylic acids is 1. The number of carboxylic acid groups (broad SMARTS) is 1. The Morgan fingerprint density at radius 3 is 2.32 bits per heavy atom. The van der Waals surface area contributed by atoms with E-state index in [2.05, 4.69) is 15.3 Å². The molecule has 0 bridgehead atoms. The summed E-state index contributed by atoms with van der Waals surface area (Å²) in [6.45, 7) is 2.76. The number of alkyl halides is 3. The number of carbonyl (C=O) groups is 2. The Morgan fingerprint density at radius 2 is 1.79 bits per heavy atom. The average molecular weight is 484 g/mol. The van der Waals surface area contributed by atoms with Crippen molar-refractivity contribution >= 4 is 17.8 Å². The summed E-state index contributed by atoms with van der Waals surface area (Å²) < 4.78 is 50.8. The number of carboxylic acids is 1. The Labute approximate surface area is 193 Å². The highest BCUT2D eigenvalue weighted by Crippen LogP contribution is 2.36. The summed E-state index contributed by atoms with van der Waals surface area (Å²) in [7, 11) is 0. The van der Waals surface area contributed by atoms with Crippen LogP contribution in [0.4, 0.5) is 23.5 Å². The summed E-state index contributed by atoms with van der Waals surface area (Å²) in [5.74, 6) is -1.91. The number of halogens is 4. The molecule has 1 aromatic heterocycles. The van der Waals surface area contributed by atoms with Crippen LogP contribution in [0.1, 0.15) is 18.4 Å². The number of benzene rings is 1. The minimum Gasteiger partial charge on any atom is -0.475 e. The summed E-state index contributed by atoms with van der Waals surface area (Å²) in [5, 5.41) is 10.4. The van der Waals surface area contributed by atoms with Gasteiger partial charge in [0.15, 0.2) is 0 Å². The van der Waals surface area contributed by atoms with Crippen molar-refractivity contribution in [2.75, 3.05) is 31.6 Å². The lowest BCUT2D eigenvalue weighted by Gasteiger charge is -2.52. The molecule has 2 fully saturated rings. The van der Waals surface area contributed by atoms with Crippen molar-refractivity contribution < 1.29 is 37.0 Å². The molecule has 2 aromatic rings. The SMILES string of the molecule is O=C(Cc1ccc(F)cc1)N1CC2(CCC(CNc3ncccn3)CO2)C1.O=C(O)C(F)(F)F. The van der Waals surface area contributed by atoms with Crippen LogP contribution in [0.15, 0.2) is 42.7 Å². The Balaban J connectivity index is 0.000000406. The van der Waals surface area contributed by atoms with E-state index in [-0.39, 0.29) is 17.3 Å². The Hall–Kier alpha value is -3.28. The summed E-state index contributed by atoms with van der Waals surface area (Å²) >= 11 is 0. The lowest BCUT2D eigenvalue weighted by molar-refractivity contribution is -0.192. The molecule has 1 unspecified atom stereocenters. The van der Waals surface area contributed by atoms with Gasteiger partial charge in [0.05, 0.1) is 26.1 Å². The van der Waals surface area contributed by atoms with Gasteiger partial charge in [-0.25, -0.2) is 19.2 Å². The molecule has 2 aliphatic heterocycles. The van der Waals surface area contributed by atoms with Crippen molar-refractivity contribution in [1.29, 1.82) is 0 Å². The van der Waals surface area contributed by atoms with Crippen molar-refractivity contribution in [2.24, 2.45) is 5.92 Å². The molecule has 0 saturated carbocycles. The van der Waals surface area contributed by atoms with Gasteiger partial charge >= 0.3 is 12.1 Å². The molecule has 2 N–H and O–H groups in total. The molecule has 2 aliphatic rings. The van der Waals surface area contributed by atoms with Crippen LogP contribution in [0.3, 0.4) is 0 Å². The molecule has 1 aromatic carbocycles. The fraction of sp³-hybridized carbons (Fsp3) is 0.455. The van der Waals surface area contributed by atoms with Gasteiger partial charge in [-0.15, -0.1) is 0 Å². The number of amides is 1. The van der Waals surface area contributed by atoms with Gasteiger partial charge in [-0.1, -0.05) is 12.1 Å². The fourth-order valence-corrected chi connectivity index (χ4v) is 3.67. The molecule has 34 heavy (non-hydrogen) atoms. The molecule has 4 rings (SSSR count). The summed E-state index contributed by atoms with van der Waals surface area (Å²) in [4.78, 5) is 31.4. The van der Waals surface area contributed by atoms with E-state index >= 15 is 0 Å².